The van der Waals surface area contributed by atoms with E-state index in [0.29, 0.717) is 50.5 Å². The molecule has 0 N–H and O–H groups in total. The minimum absolute atomic E-state index is 0.0388. The average molecular weight is 459 g/mol. The molecule has 7 nitrogen and oxygen atoms in total. The number of nitrogens with zero attached hydrogens (tertiary/aromatic N) is 2. The summed E-state index contributed by atoms with van der Waals surface area (Å²) in [6.45, 7) is 5.32. The number of benzene rings is 2. The van der Waals surface area contributed by atoms with Crippen LogP contribution in [0.1, 0.15) is 18.4 Å². The normalized spacial score (nSPS) is 15.2. The van der Waals surface area contributed by atoms with E-state index in [9.17, 15) is 13.2 Å². The van der Waals surface area contributed by atoms with Crippen LogP contribution >= 0.6 is 0 Å². The first-order valence-corrected chi connectivity index (χ1v) is 12.0. The van der Waals surface area contributed by atoms with E-state index in [-0.39, 0.29) is 16.7 Å². The van der Waals surface area contributed by atoms with Gasteiger partial charge < -0.3 is 14.4 Å². The Bertz CT molecular complexity index is 1030. The molecule has 8 heteroatoms. The number of ether oxygens (including phenoxy) is 2. The highest BCUT2D eigenvalue weighted by Gasteiger charge is 2.34. The van der Waals surface area contributed by atoms with Crippen LogP contribution in [0.25, 0.3) is 0 Å². The van der Waals surface area contributed by atoms with Gasteiger partial charge in [-0.2, -0.15) is 4.31 Å². The van der Waals surface area contributed by atoms with Crippen LogP contribution in [0.4, 0.5) is 0 Å². The molecular formula is C24H30N2O5S. The van der Waals surface area contributed by atoms with Crippen LogP contribution in [0, 0.1) is 5.92 Å². The van der Waals surface area contributed by atoms with E-state index >= 15 is 0 Å². The lowest BCUT2D eigenvalue weighted by Gasteiger charge is -2.33. The fourth-order valence-corrected chi connectivity index (χ4v) is 5.41. The van der Waals surface area contributed by atoms with Crippen LogP contribution in [0.2, 0.25) is 0 Å². The predicted octanol–water partition coefficient (Wildman–Crippen LogP) is 3.32. The number of hydrogen-bond acceptors (Lipinski definition) is 5. The van der Waals surface area contributed by atoms with Gasteiger partial charge in [-0.15, -0.1) is 6.58 Å². The van der Waals surface area contributed by atoms with Gasteiger partial charge >= 0.3 is 0 Å². The lowest BCUT2D eigenvalue weighted by Crippen LogP contribution is -2.44. The highest BCUT2D eigenvalue weighted by molar-refractivity contribution is 7.89. The van der Waals surface area contributed by atoms with Gasteiger partial charge in [0.25, 0.3) is 0 Å². The van der Waals surface area contributed by atoms with Crippen LogP contribution in [-0.4, -0.2) is 57.4 Å². The second-order valence-corrected chi connectivity index (χ2v) is 9.63. The maximum absolute atomic E-state index is 13.2. The Balaban J connectivity index is 1.68. The van der Waals surface area contributed by atoms with Crippen LogP contribution in [-0.2, 0) is 21.4 Å². The molecule has 1 heterocycles. The highest BCUT2D eigenvalue weighted by Crippen LogP contribution is 2.32. The van der Waals surface area contributed by atoms with Crippen molar-refractivity contribution in [3.8, 4) is 11.5 Å². The molecule has 0 bridgehead atoms. The quantitative estimate of drug-likeness (QED) is 0.539. The topological polar surface area (TPSA) is 76.2 Å². The van der Waals surface area contributed by atoms with Crippen molar-refractivity contribution in [2.75, 3.05) is 33.9 Å². The predicted molar refractivity (Wildman–Crippen MR) is 123 cm³/mol. The van der Waals surface area contributed by atoms with Gasteiger partial charge in [-0.25, -0.2) is 8.42 Å². The van der Waals surface area contributed by atoms with Crippen molar-refractivity contribution >= 4 is 15.9 Å². The number of sulfonamides is 1. The molecule has 1 aliphatic heterocycles. The van der Waals surface area contributed by atoms with E-state index in [1.807, 2.05) is 30.3 Å². The van der Waals surface area contributed by atoms with Gasteiger partial charge in [0.15, 0.2) is 11.5 Å². The number of carbonyl (C=O) groups is 1. The number of methoxy groups -OCH3 is 2. The molecule has 0 unspecified atom stereocenters. The molecular weight excluding hydrogens is 428 g/mol. The Morgan fingerprint density at radius 3 is 2.34 bits per heavy atom. The summed E-state index contributed by atoms with van der Waals surface area (Å²) in [7, 11) is -0.722. The van der Waals surface area contributed by atoms with Crippen LogP contribution in [0.15, 0.2) is 66.1 Å². The maximum Gasteiger partial charge on any atom is 0.243 e. The molecule has 2 aromatic rings. The van der Waals surface area contributed by atoms with Crippen molar-refractivity contribution in [1.29, 1.82) is 0 Å². The molecule has 0 spiro atoms. The largest absolute Gasteiger partial charge is 0.493 e. The Morgan fingerprint density at radius 2 is 1.75 bits per heavy atom. The molecule has 0 saturated carbocycles. The molecule has 2 aromatic carbocycles. The van der Waals surface area contributed by atoms with Gasteiger partial charge in [0.2, 0.25) is 15.9 Å². The smallest absolute Gasteiger partial charge is 0.243 e. The monoisotopic (exact) mass is 458 g/mol. The van der Waals surface area contributed by atoms with Gasteiger partial charge in [-0.3, -0.25) is 4.79 Å². The number of amides is 1. The first-order valence-electron chi connectivity index (χ1n) is 10.6. The molecule has 0 aliphatic carbocycles. The van der Waals surface area contributed by atoms with Crippen molar-refractivity contribution in [1.82, 2.24) is 9.21 Å². The van der Waals surface area contributed by atoms with Gasteiger partial charge in [0.05, 0.1) is 19.1 Å². The SMILES string of the molecule is C=CCN(Cc1ccccc1)C(=O)C1CCN(S(=O)(=O)c2ccc(OC)c(OC)c2)CC1. The Hall–Kier alpha value is -2.84. The van der Waals surface area contributed by atoms with Crippen molar-refractivity contribution in [3.05, 3.63) is 66.7 Å². The first kappa shape index (κ1) is 23.8. The lowest BCUT2D eigenvalue weighted by atomic mass is 9.96. The minimum atomic E-state index is -3.69. The zero-order valence-corrected chi connectivity index (χ0v) is 19.4. The molecule has 1 amide bonds. The molecule has 3 rings (SSSR count). The zero-order chi connectivity index (χ0) is 23.1. The van der Waals surface area contributed by atoms with Gasteiger partial charge in [-0.05, 0) is 30.5 Å². The molecule has 172 valence electrons. The summed E-state index contributed by atoms with van der Waals surface area (Å²) in [5, 5.41) is 0. The fraction of sp³-hybridized carbons (Fsp3) is 0.375. The van der Waals surface area contributed by atoms with Gasteiger partial charge in [-0.1, -0.05) is 36.4 Å². The molecule has 1 aliphatic rings. The van der Waals surface area contributed by atoms with Gasteiger partial charge in [0.1, 0.15) is 0 Å². The average Bonchev–Trinajstić information content (AvgIpc) is 2.83. The summed E-state index contributed by atoms with van der Waals surface area (Å²) in [6, 6.07) is 14.4. The van der Waals surface area contributed by atoms with Crippen molar-refractivity contribution in [2.45, 2.75) is 24.3 Å². The number of rotatable bonds is 9. The van der Waals surface area contributed by atoms with Crippen LogP contribution in [0.3, 0.4) is 0 Å². The molecule has 1 saturated heterocycles. The molecule has 1 fully saturated rings. The third-order valence-corrected chi connectivity index (χ3v) is 7.57. The summed E-state index contributed by atoms with van der Waals surface area (Å²) in [6.07, 6.45) is 2.68. The van der Waals surface area contributed by atoms with E-state index in [2.05, 4.69) is 6.58 Å². The third-order valence-electron chi connectivity index (χ3n) is 5.67. The van der Waals surface area contributed by atoms with Crippen molar-refractivity contribution < 1.29 is 22.7 Å². The van der Waals surface area contributed by atoms with E-state index in [0.717, 1.165) is 5.56 Å². The maximum atomic E-state index is 13.2. The Morgan fingerprint density at radius 1 is 1.09 bits per heavy atom. The lowest BCUT2D eigenvalue weighted by molar-refractivity contribution is -0.136. The number of carbonyl (C=O) groups excluding carboxylic acids is 1. The van der Waals surface area contributed by atoms with E-state index in [1.165, 1.54) is 30.7 Å². The number of piperidine rings is 1. The summed E-state index contributed by atoms with van der Waals surface area (Å²) in [5.41, 5.74) is 1.05. The molecule has 0 radical (unpaired) electrons. The summed E-state index contributed by atoms with van der Waals surface area (Å²) < 4.78 is 38.1. The molecule has 0 aromatic heterocycles. The Kier molecular flexibility index (Phi) is 7.93. The third kappa shape index (κ3) is 5.31. The van der Waals surface area contributed by atoms with E-state index < -0.39 is 10.0 Å². The molecule has 0 atom stereocenters. The Labute approximate surface area is 190 Å². The molecule has 32 heavy (non-hydrogen) atoms. The minimum Gasteiger partial charge on any atom is -0.493 e. The second-order valence-electron chi connectivity index (χ2n) is 7.69. The standard InChI is InChI=1S/C24H30N2O5S/c1-4-14-25(18-19-8-6-5-7-9-19)24(27)20-12-15-26(16-13-20)32(28,29)21-10-11-22(30-2)23(17-21)31-3/h4-11,17,20H,1,12-16,18H2,2-3H3. The fourth-order valence-electron chi connectivity index (χ4n) is 3.92. The number of hydrogen-bond donors (Lipinski definition) is 0. The van der Waals surface area contributed by atoms with Gasteiger partial charge in [0, 0.05) is 38.2 Å². The second kappa shape index (κ2) is 10.7. The zero-order valence-electron chi connectivity index (χ0n) is 18.6. The summed E-state index contributed by atoms with van der Waals surface area (Å²) in [5.74, 6) is 0.656. The van der Waals surface area contributed by atoms with Crippen molar-refractivity contribution in [2.24, 2.45) is 5.92 Å². The summed E-state index contributed by atoms with van der Waals surface area (Å²) in [4.78, 5) is 15.1. The van der Waals surface area contributed by atoms with Crippen LogP contribution < -0.4 is 9.47 Å². The van der Waals surface area contributed by atoms with Crippen molar-refractivity contribution in [3.63, 3.8) is 0 Å². The highest BCUT2D eigenvalue weighted by atomic mass is 32.2. The van der Waals surface area contributed by atoms with Crippen LogP contribution in [0.5, 0.6) is 11.5 Å². The summed E-state index contributed by atoms with van der Waals surface area (Å²) >= 11 is 0. The first-order chi connectivity index (χ1) is 15.4. The van der Waals surface area contributed by atoms with E-state index in [1.54, 1.807) is 17.0 Å². The van der Waals surface area contributed by atoms with E-state index in [4.69, 9.17) is 9.47 Å².